The van der Waals surface area contributed by atoms with Crippen LogP contribution in [0.2, 0.25) is 0 Å². The highest BCUT2D eigenvalue weighted by Gasteiger charge is 2.11. The van der Waals surface area contributed by atoms with E-state index in [9.17, 15) is 0 Å². The number of hydrogen-bond donors (Lipinski definition) is 1. The highest BCUT2D eigenvalue weighted by molar-refractivity contribution is 9.10. The Hall–Kier alpha value is -1.32. The molecule has 3 heteroatoms. The molecule has 0 saturated carbocycles. The van der Waals surface area contributed by atoms with Gasteiger partial charge in [-0.05, 0) is 55.3 Å². The van der Waals surface area contributed by atoms with Gasteiger partial charge < -0.3 is 10.1 Å². The van der Waals surface area contributed by atoms with Crippen molar-refractivity contribution >= 4 is 15.9 Å². The van der Waals surface area contributed by atoms with E-state index in [2.05, 4.69) is 64.6 Å². The van der Waals surface area contributed by atoms with Gasteiger partial charge in [-0.25, -0.2) is 0 Å². The number of rotatable bonds is 5. The zero-order chi connectivity index (χ0) is 14.5. The zero-order valence-electron chi connectivity index (χ0n) is 12.1. The number of aryl methyl sites for hydroxylation is 1. The van der Waals surface area contributed by atoms with Crippen molar-refractivity contribution in [2.24, 2.45) is 0 Å². The molecule has 0 heterocycles. The van der Waals surface area contributed by atoms with Crippen molar-refractivity contribution in [3.05, 3.63) is 63.6 Å². The highest BCUT2D eigenvalue weighted by atomic mass is 79.9. The molecule has 0 saturated heterocycles. The first-order valence-electron chi connectivity index (χ1n) is 6.70. The van der Waals surface area contributed by atoms with Gasteiger partial charge in [-0.2, -0.15) is 0 Å². The molecular weight excluding hydrogens is 314 g/mol. The van der Waals surface area contributed by atoms with E-state index >= 15 is 0 Å². The number of halogens is 1. The van der Waals surface area contributed by atoms with Gasteiger partial charge in [-0.3, -0.25) is 0 Å². The largest absolute Gasteiger partial charge is 0.496 e. The third kappa shape index (κ3) is 3.62. The highest BCUT2D eigenvalue weighted by Crippen LogP contribution is 2.25. The molecule has 0 bridgehead atoms. The van der Waals surface area contributed by atoms with E-state index in [0.29, 0.717) is 6.04 Å². The number of hydrogen-bond acceptors (Lipinski definition) is 2. The van der Waals surface area contributed by atoms with E-state index in [4.69, 9.17) is 4.74 Å². The Bertz CT molecular complexity index is 566. The average molecular weight is 334 g/mol. The molecule has 2 rings (SSSR count). The van der Waals surface area contributed by atoms with Crippen LogP contribution in [0.25, 0.3) is 0 Å². The Morgan fingerprint density at radius 3 is 2.40 bits per heavy atom. The number of nitrogens with one attached hydrogen (secondary N) is 1. The van der Waals surface area contributed by atoms with Gasteiger partial charge in [0.25, 0.3) is 0 Å². The van der Waals surface area contributed by atoms with Crippen LogP contribution in [0.1, 0.15) is 22.7 Å². The summed E-state index contributed by atoms with van der Waals surface area (Å²) in [5.74, 6) is 0.937. The lowest BCUT2D eigenvalue weighted by Gasteiger charge is -2.18. The molecule has 0 radical (unpaired) electrons. The van der Waals surface area contributed by atoms with E-state index in [1.54, 1.807) is 7.11 Å². The molecule has 2 nitrogen and oxygen atoms in total. The molecule has 2 aromatic carbocycles. The number of benzene rings is 2. The standard InChI is InChI=1S/C17H20BrNO/c1-12-10-14(6-9-17(12)20-3)16(19-2)11-13-4-7-15(18)8-5-13/h4-10,16,19H,11H2,1-3H3. The number of ether oxygens (including phenoxy) is 1. The fourth-order valence-electron chi connectivity index (χ4n) is 2.36. The molecule has 0 spiro atoms. The van der Waals surface area contributed by atoms with Crippen LogP contribution in [0.15, 0.2) is 46.9 Å². The number of methoxy groups -OCH3 is 1. The summed E-state index contributed by atoms with van der Waals surface area (Å²) >= 11 is 3.47. The van der Waals surface area contributed by atoms with Crippen molar-refractivity contribution in [1.82, 2.24) is 5.32 Å². The van der Waals surface area contributed by atoms with Crippen molar-refractivity contribution < 1.29 is 4.74 Å². The van der Waals surface area contributed by atoms with Gasteiger partial charge in [0, 0.05) is 10.5 Å². The van der Waals surface area contributed by atoms with E-state index in [1.807, 2.05) is 13.1 Å². The Kier molecular flexibility index (Phi) is 5.21. The predicted octanol–water partition coefficient (Wildman–Crippen LogP) is 4.27. The van der Waals surface area contributed by atoms with E-state index in [0.717, 1.165) is 16.6 Å². The fourth-order valence-corrected chi connectivity index (χ4v) is 2.63. The summed E-state index contributed by atoms with van der Waals surface area (Å²) in [4.78, 5) is 0. The van der Waals surface area contributed by atoms with Crippen LogP contribution in [-0.2, 0) is 6.42 Å². The SMILES string of the molecule is CNC(Cc1ccc(Br)cc1)c1ccc(OC)c(C)c1. The second kappa shape index (κ2) is 6.91. The van der Waals surface area contributed by atoms with Gasteiger partial charge in [0.05, 0.1) is 7.11 Å². The van der Waals surface area contributed by atoms with Crippen LogP contribution in [-0.4, -0.2) is 14.2 Å². The molecule has 106 valence electrons. The lowest BCUT2D eigenvalue weighted by atomic mass is 9.97. The van der Waals surface area contributed by atoms with E-state index in [1.165, 1.54) is 16.7 Å². The maximum Gasteiger partial charge on any atom is 0.121 e. The number of likely N-dealkylation sites (N-methyl/N-ethyl adjacent to an activating group) is 1. The first kappa shape index (κ1) is 15.1. The molecule has 1 atom stereocenters. The Morgan fingerprint density at radius 2 is 1.85 bits per heavy atom. The summed E-state index contributed by atoms with van der Waals surface area (Å²) in [7, 11) is 3.71. The van der Waals surface area contributed by atoms with Crippen LogP contribution in [0.4, 0.5) is 0 Å². The van der Waals surface area contributed by atoms with Crippen molar-refractivity contribution in [3.63, 3.8) is 0 Å². The average Bonchev–Trinajstić information content (AvgIpc) is 2.46. The topological polar surface area (TPSA) is 21.3 Å². The maximum atomic E-state index is 5.32. The molecule has 0 aliphatic rings. The lowest BCUT2D eigenvalue weighted by molar-refractivity contribution is 0.411. The quantitative estimate of drug-likeness (QED) is 0.882. The summed E-state index contributed by atoms with van der Waals surface area (Å²) in [5, 5.41) is 3.39. The maximum absolute atomic E-state index is 5.32. The minimum atomic E-state index is 0.306. The molecule has 0 amide bonds. The Balaban J connectivity index is 2.19. The molecule has 0 aromatic heterocycles. The molecule has 1 N–H and O–H groups in total. The second-order valence-corrected chi connectivity index (χ2v) is 5.82. The van der Waals surface area contributed by atoms with Crippen molar-refractivity contribution in [2.45, 2.75) is 19.4 Å². The third-order valence-corrected chi connectivity index (χ3v) is 4.05. The van der Waals surface area contributed by atoms with Crippen LogP contribution in [0.3, 0.4) is 0 Å². The van der Waals surface area contributed by atoms with Gasteiger partial charge in [0.2, 0.25) is 0 Å². The summed E-state index contributed by atoms with van der Waals surface area (Å²) in [6, 6.07) is 15.2. The summed E-state index contributed by atoms with van der Waals surface area (Å²) in [6.07, 6.45) is 0.968. The van der Waals surface area contributed by atoms with Crippen LogP contribution < -0.4 is 10.1 Å². The van der Waals surface area contributed by atoms with Crippen LogP contribution in [0, 0.1) is 6.92 Å². The first-order chi connectivity index (χ1) is 9.63. The molecule has 0 aliphatic carbocycles. The second-order valence-electron chi connectivity index (χ2n) is 4.90. The molecular formula is C17H20BrNO. The van der Waals surface area contributed by atoms with Crippen molar-refractivity contribution in [1.29, 1.82) is 0 Å². The minimum Gasteiger partial charge on any atom is -0.496 e. The predicted molar refractivity (Wildman–Crippen MR) is 87.4 cm³/mol. The van der Waals surface area contributed by atoms with Crippen molar-refractivity contribution in [2.75, 3.05) is 14.2 Å². The molecule has 0 aliphatic heterocycles. The van der Waals surface area contributed by atoms with Gasteiger partial charge in [-0.15, -0.1) is 0 Å². The van der Waals surface area contributed by atoms with Gasteiger partial charge in [0.15, 0.2) is 0 Å². The minimum absolute atomic E-state index is 0.306. The van der Waals surface area contributed by atoms with Gasteiger partial charge in [0.1, 0.15) is 5.75 Å². The molecule has 20 heavy (non-hydrogen) atoms. The first-order valence-corrected chi connectivity index (χ1v) is 7.49. The van der Waals surface area contributed by atoms with Gasteiger partial charge >= 0.3 is 0 Å². The normalized spacial score (nSPS) is 12.2. The Morgan fingerprint density at radius 1 is 1.15 bits per heavy atom. The van der Waals surface area contributed by atoms with E-state index in [-0.39, 0.29) is 0 Å². The van der Waals surface area contributed by atoms with E-state index < -0.39 is 0 Å². The smallest absolute Gasteiger partial charge is 0.121 e. The molecule has 2 aromatic rings. The Labute approximate surface area is 129 Å². The molecule has 1 unspecified atom stereocenters. The fraction of sp³-hybridized carbons (Fsp3) is 0.294. The summed E-state index contributed by atoms with van der Waals surface area (Å²) < 4.78 is 6.43. The molecule has 0 fully saturated rings. The zero-order valence-corrected chi connectivity index (χ0v) is 13.7. The monoisotopic (exact) mass is 333 g/mol. The van der Waals surface area contributed by atoms with Crippen LogP contribution in [0.5, 0.6) is 5.75 Å². The summed E-state index contributed by atoms with van der Waals surface area (Å²) in [5.41, 5.74) is 3.77. The third-order valence-electron chi connectivity index (χ3n) is 3.52. The van der Waals surface area contributed by atoms with Crippen molar-refractivity contribution in [3.8, 4) is 5.75 Å². The van der Waals surface area contributed by atoms with Gasteiger partial charge in [-0.1, -0.05) is 40.2 Å². The summed E-state index contributed by atoms with van der Waals surface area (Å²) in [6.45, 7) is 2.08. The van der Waals surface area contributed by atoms with Crippen LogP contribution >= 0.6 is 15.9 Å². The lowest BCUT2D eigenvalue weighted by Crippen LogP contribution is -2.19.